The fourth-order valence-corrected chi connectivity index (χ4v) is 2.95. The third kappa shape index (κ3) is 5.07. The summed E-state index contributed by atoms with van der Waals surface area (Å²) in [4.78, 5) is 26.8. The van der Waals surface area contributed by atoms with Gasteiger partial charge < -0.3 is 24.2 Å². The SMILES string of the molecule is COc1ccc(C(=O)N(CC(=O)Nc2cc(C)on2)CC2CCCO2)cc1. The minimum absolute atomic E-state index is 0.0608. The molecule has 2 heterocycles. The van der Waals surface area contributed by atoms with Crippen LogP contribution in [0.2, 0.25) is 0 Å². The molecule has 1 aliphatic rings. The van der Waals surface area contributed by atoms with E-state index in [9.17, 15) is 9.59 Å². The van der Waals surface area contributed by atoms with Crippen LogP contribution in [0.15, 0.2) is 34.9 Å². The van der Waals surface area contributed by atoms with Gasteiger partial charge in [-0.1, -0.05) is 5.16 Å². The van der Waals surface area contributed by atoms with E-state index in [1.165, 1.54) is 4.90 Å². The zero-order valence-electron chi connectivity index (χ0n) is 15.4. The minimum atomic E-state index is -0.344. The van der Waals surface area contributed by atoms with E-state index >= 15 is 0 Å². The van der Waals surface area contributed by atoms with E-state index in [-0.39, 0.29) is 24.5 Å². The van der Waals surface area contributed by atoms with Crippen molar-refractivity contribution in [3.8, 4) is 5.75 Å². The van der Waals surface area contributed by atoms with Crippen LogP contribution in [0.1, 0.15) is 29.0 Å². The molecular formula is C19H23N3O5. The monoisotopic (exact) mass is 373 g/mol. The molecule has 1 aliphatic heterocycles. The van der Waals surface area contributed by atoms with Gasteiger partial charge in [0, 0.05) is 24.8 Å². The second-order valence-corrected chi connectivity index (χ2v) is 6.42. The number of hydrogen-bond acceptors (Lipinski definition) is 6. The van der Waals surface area contributed by atoms with Crippen molar-refractivity contribution in [1.82, 2.24) is 10.1 Å². The van der Waals surface area contributed by atoms with E-state index in [2.05, 4.69) is 10.5 Å². The van der Waals surface area contributed by atoms with Gasteiger partial charge in [0.05, 0.1) is 13.2 Å². The maximum absolute atomic E-state index is 12.9. The predicted octanol–water partition coefficient (Wildman–Crippen LogP) is 2.25. The Kier molecular flexibility index (Phi) is 6.08. The number of carbonyl (C=O) groups excluding carboxylic acids is 2. The Labute approximate surface area is 157 Å². The second-order valence-electron chi connectivity index (χ2n) is 6.42. The summed E-state index contributed by atoms with van der Waals surface area (Å²) < 4.78 is 15.7. The highest BCUT2D eigenvalue weighted by atomic mass is 16.5. The van der Waals surface area contributed by atoms with Crippen molar-refractivity contribution < 1.29 is 23.6 Å². The summed E-state index contributed by atoms with van der Waals surface area (Å²) in [6.07, 6.45) is 1.77. The molecule has 1 unspecified atom stereocenters. The first-order valence-electron chi connectivity index (χ1n) is 8.83. The first kappa shape index (κ1) is 18.9. The zero-order chi connectivity index (χ0) is 19.2. The summed E-state index contributed by atoms with van der Waals surface area (Å²) in [5.41, 5.74) is 0.485. The molecule has 0 radical (unpaired) electrons. The molecule has 0 bridgehead atoms. The van der Waals surface area contributed by atoms with E-state index in [0.29, 0.717) is 36.0 Å². The maximum atomic E-state index is 12.9. The molecule has 2 aromatic rings. The first-order valence-corrected chi connectivity index (χ1v) is 8.83. The smallest absolute Gasteiger partial charge is 0.254 e. The van der Waals surface area contributed by atoms with E-state index in [1.807, 2.05) is 0 Å². The van der Waals surface area contributed by atoms with Crippen molar-refractivity contribution in [3.63, 3.8) is 0 Å². The van der Waals surface area contributed by atoms with E-state index in [1.54, 1.807) is 44.4 Å². The normalized spacial score (nSPS) is 16.1. The lowest BCUT2D eigenvalue weighted by Crippen LogP contribution is -2.42. The Hall–Kier alpha value is -2.87. The van der Waals surface area contributed by atoms with Gasteiger partial charge in [-0.15, -0.1) is 0 Å². The van der Waals surface area contributed by atoms with Gasteiger partial charge >= 0.3 is 0 Å². The Morgan fingerprint density at radius 1 is 1.33 bits per heavy atom. The summed E-state index contributed by atoms with van der Waals surface area (Å²) in [5.74, 6) is 1.00. The number of nitrogens with one attached hydrogen (secondary N) is 1. The molecule has 1 fully saturated rings. The molecule has 1 saturated heterocycles. The van der Waals surface area contributed by atoms with Gasteiger partial charge in [0.25, 0.3) is 5.91 Å². The number of hydrogen-bond donors (Lipinski definition) is 1. The highest BCUT2D eigenvalue weighted by molar-refractivity contribution is 5.99. The molecule has 0 aliphatic carbocycles. The van der Waals surface area contributed by atoms with Crippen LogP contribution in [0.25, 0.3) is 0 Å². The number of carbonyl (C=O) groups is 2. The number of amides is 2. The largest absolute Gasteiger partial charge is 0.497 e. The van der Waals surface area contributed by atoms with E-state index in [0.717, 1.165) is 12.8 Å². The molecular weight excluding hydrogens is 350 g/mol. The van der Waals surface area contributed by atoms with Crippen molar-refractivity contribution in [3.05, 3.63) is 41.7 Å². The number of aryl methyl sites for hydroxylation is 1. The van der Waals surface area contributed by atoms with Gasteiger partial charge in [0.2, 0.25) is 5.91 Å². The lowest BCUT2D eigenvalue weighted by Gasteiger charge is -2.25. The third-order valence-corrected chi connectivity index (χ3v) is 4.30. The topological polar surface area (TPSA) is 93.9 Å². The highest BCUT2D eigenvalue weighted by Gasteiger charge is 2.25. The molecule has 144 valence electrons. The Morgan fingerprint density at radius 2 is 2.11 bits per heavy atom. The van der Waals surface area contributed by atoms with Crippen LogP contribution in [0, 0.1) is 6.92 Å². The number of anilines is 1. The van der Waals surface area contributed by atoms with E-state index in [4.69, 9.17) is 14.0 Å². The number of methoxy groups -OCH3 is 1. The summed E-state index contributed by atoms with van der Waals surface area (Å²) in [5, 5.41) is 6.38. The molecule has 3 rings (SSSR count). The number of ether oxygens (including phenoxy) is 2. The summed E-state index contributed by atoms with van der Waals surface area (Å²) >= 11 is 0. The average molecular weight is 373 g/mol. The van der Waals surface area contributed by atoms with Gasteiger partial charge in [-0.25, -0.2) is 0 Å². The molecule has 1 N–H and O–H groups in total. The maximum Gasteiger partial charge on any atom is 0.254 e. The summed E-state index contributed by atoms with van der Waals surface area (Å²) in [6, 6.07) is 8.42. The van der Waals surface area contributed by atoms with Crippen molar-refractivity contribution in [1.29, 1.82) is 0 Å². The van der Waals surface area contributed by atoms with Crippen LogP contribution in [-0.2, 0) is 9.53 Å². The standard InChI is InChI=1S/C19H23N3O5/c1-13-10-17(21-27-13)20-18(23)12-22(11-16-4-3-9-26-16)19(24)14-5-7-15(25-2)8-6-14/h5-8,10,16H,3-4,9,11-12H2,1-2H3,(H,20,21,23). The number of nitrogens with zero attached hydrogens (tertiary/aromatic N) is 2. The van der Waals surface area contributed by atoms with Crippen molar-refractivity contribution in [2.24, 2.45) is 0 Å². The molecule has 1 aromatic heterocycles. The Morgan fingerprint density at radius 3 is 2.70 bits per heavy atom. The van der Waals surface area contributed by atoms with Crippen LogP contribution in [0.5, 0.6) is 5.75 Å². The number of benzene rings is 1. The first-order chi connectivity index (χ1) is 13.0. The lowest BCUT2D eigenvalue weighted by molar-refractivity contribution is -0.117. The summed E-state index contributed by atoms with van der Waals surface area (Å²) in [6.45, 7) is 2.67. The van der Waals surface area contributed by atoms with Crippen LogP contribution in [0.3, 0.4) is 0 Å². The van der Waals surface area contributed by atoms with Crippen LogP contribution in [-0.4, -0.2) is 54.8 Å². The quantitative estimate of drug-likeness (QED) is 0.800. The molecule has 8 nitrogen and oxygen atoms in total. The van der Waals surface area contributed by atoms with Crippen molar-refractivity contribution >= 4 is 17.6 Å². The second kappa shape index (κ2) is 8.68. The van der Waals surface area contributed by atoms with Gasteiger partial charge in [0.1, 0.15) is 18.1 Å². The zero-order valence-corrected chi connectivity index (χ0v) is 15.4. The predicted molar refractivity (Wildman–Crippen MR) is 97.7 cm³/mol. The van der Waals surface area contributed by atoms with Crippen molar-refractivity contribution in [2.75, 3.05) is 32.1 Å². The number of rotatable bonds is 7. The highest BCUT2D eigenvalue weighted by Crippen LogP contribution is 2.17. The molecule has 1 aromatic carbocycles. The van der Waals surface area contributed by atoms with Crippen LogP contribution in [0.4, 0.5) is 5.82 Å². The fraction of sp³-hybridized carbons (Fsp3) is 0.421. The van der Waals surface area contributed by atoms with Gasteiger partial charge in [0.15, 0.2) is 5.82 Å². The molecule has 8 heteroatoms. The fourth-order valence-electron chi connectivity index (χ4n) is 2.95. The lowest BCUT2D eigenvalue weighted by atomic mass is 10.1. The molecule has 1 atom stereocenters. The van der Waals surface area contributed by atoms with E-state index < -0.39 is 0 Å². The van der Waals surface area contributed by atoms with Gasteiger partial charge in [-0.3, -0.25) is 9.59 Å². The van der Waals surface area contributed by atoms with Gasteiger partial charge in [-0.2, -0.15) is 0 Å². The molecule has 27 heavy (non-hydrogen) atoms. The number of aromatic nitrogens is 1. The summed E-state index contributed by atoms with van der Waals surface area (Å²) in [7, 11) is 1.57. The molecule has 0 saturated carbocycles. The Bertz CT molecular complexity index is 781. The third-order valence-electron chi connectivity index (χ3n) is 4.30. The van der Waals surface area contributed by atoms with Crippen molar-refractivity contribution in [2.45, 2.75) is 25.9 Å². The van der Waals surface area contributed by atoms with Gasteiger partial charge in [-0.05, 0) is 44.0 Å². The average Bonchev–Trinajstić information content (AvgIpc) is 3.32. The molecule has 2 amide bonds. The van der Waals surface area contributed by atoms with Crippen LogP contribution < -0.4 is 10.1 Å². The molecule has 0 spiro atoms. The Balaban J connectivity index is 1.70. The van der Waals surface area contributed by atoms with Crippen LogP contribution >= 0.6 is 0 Å². The minimum Gasteiger partial charge on any atom is -0.497 e.